The van der Waals surface area contributed by atoms with Crippen molar-refractivity contribution in [3.8, 4) is 0 Å². The van der Waals surface area contributed by atoms with Gasteiger partial charge < -0.3 is 15.7 Å². The van der Waals surface area contributed by atoms with Crippen LogP contribution >= 0.6 is 0 Å². The van der Waals surface area contributed by atoms with Gasteiger partial charge in [0.1, 0.15) is 0 Å². The van der Waals surface area contributed by atoms with Crippen molar-refractivity contribution < 1.29 is 9.90 Å². The van der Waals surface area contributed by atoms with Crippen LogP contribution in [0.1, 0.15) is 39.0 Å². The van der Waals surface area contributed by atoms with Gasteiger partial charge in [-0.25, -0.2) is 0 Å². The molecule has 20 heavy (non-hydrogen) atoms. The smallest absolute Gasteiger partial charge is 0.221 e. The number of benzene rings is 1. The van der Waals surface area contributed by atoms with Gasteiger partial charge in [-0.05, 0) is 30.5 Å². The summed E-state index contributed by atoms with van der Waals surface area (Å²) in [5.41, 5.74) is 1.69. The Morgan fingerprint density at radius 3 is 2.75 bits per heavy atom. The molecule has 2 rings (SSSR count). The van der Waals surface area contributed by atoms with Gasteiger partial charge >= 0.3 is 0 Å². The molecule has 1 atom stereocenters. The van der Waals surface area contributed by atoms with Crippen LogP contribution in [0.5, 0.6) is 0 Å². The van der Waals surface area contributed by atoms with Crippen LogP contribution in [0.3, 0.4) is 0 Å². The van der Waals surface area contributed by atoms with Crippen molar-refractivity contribution in [2.24, 2.45) is 5.92 Å². The first-order chi connectivity index (χ1) is 9.63. The summed E-state index contributed by atoms with van der Waals surface area (Å²) in [6.45, 7) is 2.05. The minimum Gasteiger partial charge on any atom is -0.391 e. The van der Waals surface area contributed by atoms with Crippen molar-refractivity contribution in [2.75, 3.05) is 17.2 Å². The van der Waals surface area contributed by atoms with Crippen LogP contribution in [0.2, 0.25) is 0 Å². The third-order valence-corrected chi connectivity index (χ3v) is 3.80. The second-order valence-electron chi connectivity index (χ2n) is 5.68. The number of amides is 1. The maximum absolute atomic E-state index is 11.0. The van der Waals surface area contributed by atoms with E-state index in [9.17, 15) is 9.90 Å². The Hall–Kier alpha value is -1.55. The van der Waals surface area contributed by atoms with Crippen molar-refractivity contribution in [2.45, 2.75) is 45.1 Å². The van der Waals surface area contributed by atoms with Crippen LogP contribution in [0.25, 0.3) is 0 Å². The average molecular weight is 276 g/mol. The second kappa shape index (κ2) is 7.29. The molecule has 0 aromatic heterocycles. The van der Waals surface area contributed by atoms with E-state index in [1.165, 1.54) is 32.6 Å². The third kappa shape index (κ3) is 4.85. The van der Waals surface area contributed by atoms with Crippen LogP contribution in [0, 0.1) is 5.92 Å². The minimum absolute atomic E-state index is 0.0802. The van der Waals surface area contributed by atoms with E-state index in [1.54, 1.807) is 0 Å². The number of nitrogens with one attached hydrogen (secondary N) is 2. The zero-order chi connectivity index (χ0) is 14.4. The lowest BCUT2D eigenvalue weighted by molar-refractivity contribution is -0.114. The fourth-order valence-corrected chi connectivity index (χ4v) is 2.86. The van der Waals surface area contributed by atoms with Crippen molar-refractivity contribution in [3.63, 3.8) is 0 Å². The quantitative estimate of drug-likeness (QED) is 0.748. The molecule has 0 bridgehead atoms. The molecule has 0 aliphatic heterocycles. The molecule has 1 aliphatic rings. The summed E-state index contributed by atoms with van der Waals surface area (Å²) in [7, 11) is 0. The lowest BCUT2D eigenvalue weighted by atomic mass is 10.00. The normalized spacial score (nSPS) is 16.9. The summed E-state index contributed by atoms with van der Waals surface area (Å²) in [5.74, 6) is 0.612. The molecule has 1 aliphatic carbocycles. The molecule has 0 saturated heterocycles. The zero-order valence-electron chi connectivity index (χ0n) is 12.1. The van der Waals surface area contributed by atoms with Gasteiger partial charge in [-0.15, -0.1) is 0 Å². The molecule has 1 unspecified atom stereocenters. The molecule has 0 radical (unpaired) electrons. The van der Waals surface area contributed by atoms with Crippen molar-refractivity contribution in [1.82, 2.24) is 0 Å². The highest BCUT2D eigenvalue weighted by Gasteiger charge is 2.18. The largest absolute Gasteiger partial charge is 0.391 e. The number of hydrogen-bond donors (Lipinski definition) is 3. The number of anilines is 2. The molecule has 3 N–H and O–H groups in total. The molecule has 0 spiro atoms. The molecule has 110 valence electrons. The lowest BCUT2D eigenvalue weighted by Gasteiger charge is -2.17. The van der Waals surface area contributed by atoms with E-state index in [2.05, 4.69) is 10.6 Å². The molecular weight excluding hydrogens is 252 g/mol. The predicted molar refractivity (Wildman–Crippen MR) is 81.8 cm³/mol. The Balaban J connectivity index is 1.79. The van der Waals surface area contributed by atoms with Crippen molar-refractivity contribution in [3.05, 3.63) is 24.3 Å². The maximum Gasteiger partial charge on any atom is 0.221 e. The number of hydrogen-bond acceptors (Lipinski definition) is 3. The summed E-state index contributed by atoms with van der Waals surface area (Å²) >= 11 is 0. The van der Waals surface area contributed by atoms with E-state index < -0.39 is 0 Å². The number of rotatable bonds is 6. The first kappa shape index (κ1) is 14.9. The Bertz CT molecular complexity index is 442. The molecule has 0 heterocycles. The zero-order valence-corrected chi connectivity index (χ0v) is 12.1. The number of carbonyl (C=O) groups is 1. The van der Waals surface area contributed by atoms with Gasteiger partial charge in [0, 0.05) is 24.8 Å². The number of aliphatic hydroxyl groups excluding tert-OH is 1. The maximum atomic E-state index is 11.0. The molecule has 1 aromatic rings. The molecular formula is C16H24N2O2. The topological polar surface area (TPSA) is 61.4 Å². The fourth-order valence-electron chi connectivity index (χ4n) is 2.86. The molecule has 1 aromatic carbocycles. The summed E-state index contributed by atoms with van der Waals surface area (Å²) in [5, 5.41) is 16.0. The molecule has 1 fully saturated rings. The van der Waals surface area contributed by atoms with Crippen molar-refractivity contribution >= 4 is 17.3 Å². The van der Waals surface area contributed by atoms with E-state index in [0.717, 1.165) is 17.8 Å². The van der Waals surface area contributed by atoms with E-state index >= 15 is 0 Å². The van der Waals surface area contributed by atoms with Crippen LogP contribution in [0.4, 0.5) is 11.4 Å². The fraction of sp³-hybridized carbons (Fsp3) is 0.562. The molecule has 4 nitrogen and oxygen atoms in total. The Morgan fingerprint density at radius 1 is 1.35 bits per heavy atom. The van der Waals surface area contributed by atoms with Gasteiger partial charge in [0.15, 0.2) is 0 Å². The first-order valence-corrected chi connectivity index (χ1v) is 7.43. The minimum atomic E-state index is -0.303. The van der Waals surface area contributed by atoms with E-state index in [0.29, 0.717) is 12.5 Å². The highest BCUT2D eigenvalue weighted by molar-refractivity contribution is 5.89. The number of carbonyl (C=O) groups excluding carboxylic acids is 1. The summed E-state index contributed by atoms with van der Waals surface area (Å²) in [6, 6.07) is 7.55. The van der Waals surface area contributed by atoms with Gasteiger partial charge in [-0.2, -0.15) is 0 Å². The second-order valence-corrected chi connectivity index (χ2v) is 5.68. The third-order valence-electron chi connectivity index (χ3n) is 3.80. The van der Waals surface area contributed by atoms with Crippen molar-refractivity contribution in [1.29, 1.82) is 0 Å². The van der Waals surface area contributed by atoms with Gasteiger partial charge in [0.2, 0.25) is 5.91 Å². The standard InChI is InChI=1S/C16H24N2O2/c1-12(19)18-15-8-4-7-14(10-15)17-11-16(20)9-13-5-2-3-6-13/h4,7-8,10,13,16-17,20H,2-3,5-6,9,11H2,1H3,(H,18,19). The van der Waals surface area contributed by atoms with Crippen LogP contribution in [-0.4, -0.2) is 23.7 Å². The molecule has 1 amide bonds. The summed E-state index contributed by atoms with van der Waals surface area (Å²) in [4.78, 5) is 11.0. The first-order valence-electron chi connectivity index (χ1n) is 7.43. The number of aliphatic hydroxyl groups is 1. The summed E-state index contributed by atoms with van der Waals surface area (Å²) in [6.07, 6.45) is 5.72. The highest BCUT2D eigenvalue weighted by atomic mass is 16.3. The Kier molecular flexibility index (Phi) is 5.41. The lowest BCUT2D eigenvalue weighted by Crippen LogP contribution is -2.22. The van der Waals surface area contributed by atoms with Gasteiger partial charge in [-0.1, -0.05) is 31.7 Å². The van der Waals surface area contributed by atoms with Crippen LogP contribution in [0.15, 0.2) is 24.3 Å². The van der Waals surface area contributed by atoms with Gasteiger partial charge in [-0.3, -0.25) is 4.79 Å². The van der Waals surface area contributed by atoms with Gasteiger partial charge in [0.25, 0.3) is 0 Å². The van der Waals surface area contributed by atoms with E-state index in [1.807, 2.05) is 24.3 Å². The van der Waals surface area contributed by atoms with E-state index in [4.69, 9.17) is 0 Å². The molecule has 1 saturated carbocycles. The summed E-state index contributed by atoms with van der Waals surface area (Å²) < 4.78 is 0. The van der Waals surface area contributed by atoms with Crippen LogP contribution in [-0.2, 0) is 4.79 Å². The SMILES string of the molecule is CC(=O)Nc1cccc(NCC(O)CC2CCCC2)c1. The van der Waals surface area contributed by atoms with Crippen LogP contribution < -0.4 is 10.6 Å². The Morgan fingerprint density at radius 2 is 2.05 bits per heavy atom. The average Bonchev–Trinajstić information content (AvgIpc) is 2.89. The highest BCUT2D eigenvalue weighted by Crippen LogP contribution is 2.28. The monoisotopic (exact) mass is 276 g/mol. The van der Waals surface area contributed by atoms with Gasteiger partial charge in [0.05, 0.1) is 6.10 Å². The Labute approximate surface area is 120 Å². The predicted octanol–water partition coefficient (Wildman–Crippen LogP) is 3.00. The molecule has 4 heteroatoms. The van der Waals surface area contributed by atoms with E-state index in [-0.39, 0.29) is 12.0 Å².